The number of carbonyl (C=O) groups is 1. The van der Waals surface area contributed by atoms with Gasteiger partial charge in [-0.15, -0.1) is 11.3 Å². The lowest BCUT2D eigenvalue weighted by molar-refractivity contribution is 0.0942. The van der Waals surface area contributed by atoms with Gasteiger partial charge < -0.3 is 10.2 Å². The molecule has 6 nitrogen and oxygen atoms in total. The van der Waals surface area contributed by atoms with Gasteiger partial charge in [0, 0.05) is 22.7 Å². The zero-order valence-electron chi connectivity index (χ0n) is 13.8. The zero-order chi connectivity index (χ0) is 17.7. The van der Waals surface area contributed by atoms with Gasteiger partial charge in [-0.2, -0.15) is 0 Å². The first-order valence-corrected chi connectivity index (χ1v) is 10.1. The number of likely N-dealkylation sites (N-methyl/N-ethyl adjacent to an activating group) is 1. The Balaban J connectivity index is 2.05. The lowest BCUT2D eigenvalue weighted by Gasteiger charge is -2.23. The molecule has 8 heteroatoms. The molecule has 2 rings (SSSR count). The molecule has 0 aliphatic rings. The summed E-state index contributed by atoms with van der Waals surface area (Å²) in [7, 11) is 0.558. The van der Waals surface area contributed by atoms with Gasteiger partial charge in [-0.1, -0.05) is 12.1 Å². The summed E-state index contributed by atoms with van der Waals surface area (Å²) in [6.45, 7) is 0.468. The zero-order valence-corrected chi connectivity index (χ0v) is 15.4. The van der Waals surface area contributed by atoms with E-state index in [2.05, 4.69) is 10.0 Å². The molecular weight excluding hydrogens is 346 g/mol. The number of rotatable bonds is 7. The van der Waals surface area contributed by atoms with Gasteiger partial charge in [0.05, 0.1) is 12.3 Å². The predicted octanol–water partition coefficient (Wildman–Crippen LogP) is 2.15. The van der Waals surface area contributed by atoms with E-state index in [0.29, 0.717) is 17.8 Å². The molecule has 0 aliphatic carbocycles. The molecule has 0 aliphatic heterocycles. The molecular formula is C16H21N3O3S2. The van der Waals surface area contributed by atoms with E-state index in [9.17, 15) is 13.2 Å². The summed E-state index contributed by atoms with van der Waals surface area (Å²) < 4.78 is 24.9. The highest BCUT2D eigenvalue weighted by Crippen LogP contribution is 2.22. The summed E-state index contributed by atoms with van der Waals surface area (Å²) in [4.78, 5) is 15.6. The van der Waals surface area contributed by atoms with Gasteiger partial charge in [0.2, 0.25) is 10.0 Å². The van der Waals surface area contributed by atoms with Crippen molar-refractivity contribution in [2.24, 2.45) is 0 Å². The molecule has 1 heterocycles. The molecule has 0 fully saturated rings. The molecule has 2 N–H and O–H groups in total. The summed E-state index contributed by atoms with van der Waals surface area (Å²) in [6.07, 6.45) is 1.07. The molecule has 0 spiro atoms. The van der Waals surface area contributed by atoms with Crippen molar-refractivity contribution in [1.29, 1.82) is 0 Å². The second kappa shape index (κ2) is 7.78. The fourth-order valence-corrected chi connectivity index (χ4v) is 3.73. The van der Waals surface area contributed by atoms with Crippen LogP contribution in [0.4, 0.5) is 5.69 Å². The van der Waals surface area contributed by atoms with Gasteiger partial charge in [0.1, 0.15) is 0 Å². The van der Waals surface area contributed by atoms with Gasteiger partial charge in [-0.05, 0) is 43.7 Å². The molecule has 130 valence electrons. The minimum absolute atomic E-state index is 0.0891. The first-order chi connectivity index (χ1) is 11.3. The van der Waals surface area contributed by atoms with E-state index in [1.54, 1.807) is 29.5 Å². The molecule has 1 atom stereocenters. The van der Waals surface area contributed by atoms with E-state index in [4.69, 9.17) is 0 Å². The second-order valence-electron chi connectivity index (χ2n) is 5.66. The van der Waals surface area contributed by atoms with Crippen molar-refractivity contribution in [1.82, 2.24) is 10.2 Å². The molecule has 0 saturated carbocycles. The van der Waals surface area contributed by atoms with Crippen molar-refractivity contribution in [3.8, 4) is 0 Å². The van der Waals surface area contributed by atoms with Crippen molar-refractivity contribution in [2.45, 2.75) is 6.04 Å². The average Bonchev–Trinajstić information content (AvgIpc) is 2.99. The highest BCUT2D eigenvalue weighted by molar-refractivity contribution is 7.92. The van der Waals surface area contributed by atoms with Crippen molar-refractivity contribution in [3.63, 3.8) is 0 Å². The largest absolute Gasteiger partial charge is 0.350 e. The number of hydrogen-bond acceptors (Lipinski definition) is 5. The fourth-order valence-electron chi connectivity index (χ4n) is 2.25. The van der Waals surface area contributed by atoms with E-state index in [1.165, 1.54) is 10.9 Å². The minimum atomic E-state index is -3.37. The van der Waals surface area contributed by atoms with Crippen LogP contribution in [0.1, 0.15) is 21.3 Å². The Kier molecular flexibility index (Phi) is 5.98. The van der Waals surface area contributed by atoms with Gasteiger partial charge in [-0.25, -0.2) is 8.42 Å². The number of benzene rings is 1. The third kappa shape index (κ3) is 5.33. The molecule has 0 unspecified atom stereocenters. The van der Waals surface area contributed by atoms with Crippen LogP contribution in [0, 0.1) is 0 Å². The van der Waals surface area contributed by atoms with E-state index in [-0.39, 0.29) is 11.9 Å². The first-order valence-electron chi connectivity index (χ1n) is 7.32. The molecule has 0 bridgehead atoms. The Morgan fingerprint density at radius 1 is 1.25 bits per heavy atom. The molecule has 1 aromatic carbocycles. The Hall–Kier alpha value is -1.90. The van der Waals surface area contributed by atoms with Crippen LogP contribution in [0.3, 0.4) is 0 Å². The fraction of sp³-hybridized carbons (Fsp3) is 0.312. The Labute approximate surface area is 146 Å². The van der Waals surface area contributed by atoms with Crippen LogP contribution in [0.15, 0.2) is 41.8 Å². The molecule has 1 aromatic heterocycles. The minimum Gasteiger partial charge on any atom is -0.350 e. The van der Waals surface area contributed by atoms with Crippen LogP contribution >= 0.6 is 11.3 Å². The lowest BCUT2D eigenvalue weighted by Crippen LogP contribution is -2.34. The second-order valence-corrected chi connectivity index (χ2v) is 8.39. The molecule has 0 saturated heterocycles. The highest BCUT2D eigenvalue weighted by atomic mass is 32.2. The Bertz CT molecular complexity index is 787. The van der Waals surface area contributed by atoms with Crippen LogP contribution in [0.2, 0.25) is 0 Å². The standard InChI is InChI=1S/C16H21N3O3S2/c1-19(2)14(15-8-5-9-23-15)11-17-16(20)12-6-4-7-13(10-12)18-24(3,21)22/h4-10,14,18H,11H2,1-3H3,(H,17,20)/t14-/m1/s1. The summed E-state index contributed by atoms with van der Waals surface area (Å²) >= 11 is 1.65. The number of sulfonamides is 1. The van der Waals surface area contributed by atoms with Gasteiger partial charge in [0.25, 0.3) is 5.91 Å². The normalized spacial score (nSPS) is 12.8. The van der Waals surface area contributed by atoms with E-state index in [0.717, 1.165) is 6.26 Å². The smallest absolute Gasteiger partial charge is 0.251 e. The topological polar surface area (TPSA) is 78.5 Å². The lowest BCUT2D eigenvalue weighted by atomic mass is 10.1. The average molecular weight is 367 g/mol. The van der Waals surface area contributed by atoms with E-state index < -0.39 is 10.0 Å². The SMILES string of the molecule is CN(C)[C@H](CNC(=O)c1cccc(NS(C)(=O)=O)c1)c1cccs1. The number of hydrogen-bond donors (Lipinski definition) is 2. The van der Waals surface area contributed by atoms with Crippen molar-refractivity contribution in [3.05, 3.63) is 52.2 Å². The van der Waals surface area contributed by atoms with E-state index >= 15 is 0 Å². The Morgan fingerprint density at radius 2 is 2.00 bits per heavy atom. The van der Waals surface area contributed by atoms with Crippen LogP contribution < -0.4 is 10.0 Å². The summed E-state index contributed by atoms with van der Waals surface area (Å²) in [6, 6.07) is 10.5. The van der Waals surface area contributed by atoms with Gasteiger partial charge in [0.15, 0.2) is 0 Å². The number of thiophene rings is 1. The maximum Gasteiger partial charge on any atom is 0.251 e. The van der Waals surface area contributed by atoms with E-state index in [1.807, 2.05) is 36.5 Å². The summed E-state index contributed by atoms with van der Waals surface area (Å²) in [5, 5.41) is 4.92. The van der Waals surface area contributed by atoms with Crippen LogP contribution in [-0.4, -0.2) is 46.1 Å². The van der Waals surface area contributed by atoms with Gasteiger partial charge in [-0.3, -0.25) is 9.52 Å². The number of nitrogens with zero attached hydrogens (tertiary/aromatic N) is 1. The number of anilines is 1. The van der Waals surface area contributed by atoms with Crippen molar-refractivity contribution < 1.29 is 13.2 Å². The van der Waals surface area contributed by atoms with Crippen molar-refractivity contribution >= 4 is 33.0 Å². The van der Waals surface area contributed by atoms with Gasteiger partial charge >= 0.3 is 0 Å². The number of amides is 1. The quantitative estimate of drug-likeness (QED) is 0.786. The van der Waals surface area contributed by atoms with Crippen molar-refractivity contribution in [2.75, 3.05) is 31.6 Å². The molecule has 24 heavy (non-hydrogen) atoms. The molecule has 0 radical (unpaired) electrons. The third-order valence-corrected chi connectivity index (χ3v) is 4.96. The summed E-state index contributed by atoms with van der Waals surface area (Å²) in [5.41, 5.74) is 0.778. The van der Waals surface area contributed by atoms with Crippen LogP contribution in [0.25, 0.3) is 0 Å². The monoisotopic (exact) mass is 367 g/mol. The highest BCUT2D eigenvalue weighted by Gasteiger charge is 2.17. The number of nitrogens with one attached hydrogen (secondary N) is 2. The maximum absolute atomic E-state index is 12.4. The molecule has 1 amide bonds. The summed E-state index contributed by atoms with van der Waals surface area (Å²) in [5.74, 6) is -0.240. The van der Waals surface area contributed by atoms with Crippen LogP contribution in [0.5, 0.6) is 0 Å². The number of carbonyl (C=O) groups excluding carboxylic acids is 1. The first kappa shape index (κ1) is 18.4. The Morgan fingerprint density at radius 3 is 2.58 bits per heavy atom. The van der Waals surface area contributed by atoms with Crippen LogP contribution in [-0.2, 0) is 10.0 Å². The third-order valence-electron chi connectivity index (χ3n) is 3.38. The predicted molar refractivity (Wildman–Crippen MR) is 98.0 cm³/mol. The maximum atomic E-state index is 12.4. The molecule has 2 aromatic rings.